The molecule has 114 valence electrons. The number of aliphatic carboxylic acids is 1. The van der Waals surface area contributed by atoms with Crippen molar-refractivity contribution in [1.29, 1.82) is 0 Å². The fourth-order valence-electron chi connectivity index (χ4n) is 1.62. The second-order valence-corrected chi connectivity index (χ2v) is 4.59. The Morgan fingerprint density at radius 3 is 2.62 bits per heavy atom. The van der Waals surface area contributed by atoms with Gasteiger partial charge < -0.3 is 20.8 Å². The largest absolute Gasteiger partial charge is 0.506 e. The highest BCUT2D eigenvalue weighted by atomic mass is 16.4. The molecule has 0 atom stereocenters. The van der Waals surface area contributed by atoms with E-state index in [4.69, 9.17) is 5.11 Å². The van der Waals surface area contributed by atoms with E-state index in [1.54, 1.807) is 31.2 Å². The minimum Gasteiger partial charge on any atom is -0.506 e. The number of anilines is 1. The number of allylic oxidation sites excluding steroid dienone is 1. The number of carbonyl (C=O) groups excluding carboxylic acids is 1. The van der Waals surface area contributed by atoms with Gasteiger partial charge in [-0.05, 0) is 38.3 Å². The number of carboxylic acid groups (broad SMARTS) is 1. The number of aromatic hydroxyl groups is 1. The lowest BCUT2D eigenvalue weighted by Gasteiger charge is -2.08. The van der Waals surface area contributed by atoms with Crippen molar-refractivity contribution in [1.82, 2.24) is 5.32 Å². The van der Waals surface area contributed by atoms with Crippen LogP contribution in [0.5, 0.6) is 5.75 Å². The number of phenolic OH excluding ortho intramolecular Hbond substituents is 1. The number of rotatable bonds is 7. The lowest BCUT2D eigenvalue weighted by molar-refractivity contribution is -0.132. The molecule has 0 aliphatic rings. The van der Waals surface area contributed by atoms with Gasteiger partial charge in [0.25, 0.3) is 0 Å². The van der Waals surface area contributed by atoms with E-state index >= 15 is 0 Å². The zero-order valence-corrected chi connectivity index (χ0v) is 11.9. The topological polar surface area (TPSA) is 98.7 Å². The quantitative estimate of drug-likeness (QED) is 0.353. The maximum Gasteiger partial charge on any atom is 0.330 e. The standard InChI is InChI=1S/C15H20N2O4/c1-11(14(19)20)7-3-2-6-10-16-15(21)17-12-8-4-5-9-13(12)18/h4-5,7-9,18H,2-3,6,10H2,1H3,(H,19,20)(H2,16,17,21). The summed E-state index contributed by atoms with van der Waals surface area (Å²) in [5, 5.41) is 23.4. The number of urea groups is 1. The number of para-hydroxylation sites is 2. The predicted octanol–water partition coefficient (Wildman–Crippen LogP) is 2.71. The highest BCUT2D eigenvalue weighted by Crippen LogP contribution is 2.20. The summed E-state index contributed by atoms with van der Waals surface area (Å²) in [5.74, 6) is -0.892. The van der Waals surface area contributed by atoms with Crippen LogP contribution in [0.4, 0.5) is 10.5 Å². The Kier molecular flexibility index (Phi) is 6.80. The number of carbonyl (C=O) groups is 2. The average molecular weight is 292 g/mol. The predicted molar refractivity (Wildman–Crippen MR) is 80.4 cm³/mol. The number of phenols is 1. The summed E-state index contributed by atoms with van der Waals surface area (Å²) in [6.45, 7) is 2.04. The Hall–Kier alpha value is -2.50. The summed E-state index contributed by atoms with van der Waals surface area (Å²) in [6.07, 6.45) is 3.88. The molecule has 0 aliphatic heterocycles. The van der Waals surface area contributed by atoms with E-state index in [0.29, 0.717) is 24.2 Å². The zero-order chi connectivity index (χ0) is 15.7. The Labute approximate surface area is 123 Å². The molecule has 4 N–H and O–H groups in total. The molecule has 0 fully saturated rings. The number of unbranched alkanes of at least 4 members (excludes halogenated alkanes) is 2. The van der Waals surface area contributed by atoms with E-state index in [2.05, 4.69) is 10.6 Å². The SMILES string of the molecule is CC(=CCCCCNC(=O)Nc1ccccc1O)C(=O)O. The molecule has 6 heteroatoms. The van der Waals surface area contributed by atoms with Crippen LogP contribution in [0.25, 0.3) is 0 Å². The normalized spacial score (nSPS) is 11.0. The van der Waals surface area contributed by atoms with E-state index in [9.17, 15) is 14.7 Å². The van der Waals surface area contributed by atoms with Crippen molar-refractivity contribution >= 4 is 17.7 Å². The van der Waals surface area contributed by atoms with Crippen LogP contribution in [-0.4, -0.2) is 28.8 Å². The molecule has 1 rings (SSSR count). The van der Waals surface area contributed by atoms with Gasteiger partial charge in [-0.3, -0.25) is 0 Å². The molecule has 1 aromatic rings. The first-order valence-corrected chi connectivity index (χ1v) is 6.73. The number of carboxylic acids is 1. The molecular formula is C15H20N2O4. The molecule has 21 heavy (non-hydrogen) atoms. The molecule has 0 heterocycles. The van der Waals surface area contributed by atoms with Crippen LogP contribution in [0.15, 0.2) is 35.9 Å². The van der Waals surface area contributed by atoms with Crippen molar-refractivity contribution in [2.45, 2.75) is 26.2 Å². The van der Waals surface area contributed by atoms with Crippen LogP contribution in [0.2, 0.25) is 0 Å². The number of amides is 2. The third-order valence-corrected chi connectivity index (χ3v) is 2.86. The van der Waals surface area contributed by atoms with E-state index in [0.717, 1.165) is 12.8 Å². The Bertz CT molecular complexity index is 526. The lowest BCUT2D eigenvalue weighted by Crippen LogP contribution is -2.29. The van der Waals surface area contributed by atoms with Crippen LogP contribution in [0.3, 0.4) is 0 Å². The van der Waals surface area contributed by atoms with Gasteiger partial charge in [0.2, 0.25) is 0 Å². The Morgan fingerprint density at radius 1 is 1.24 bits per heavy atom. The average Bonchev–Trinajstić information content (AvgIpc) is 2.44. The first-order chi connectivity index (χ1) is 10.0. The molecule has 0 saturated heterocycles. The summed E-state index contributed by atoms with van der Waals surface area (Å²) >= 11 is 0. The Balaban J connectivity index is 2.19. The molecule has 0 saturated carbocycles. The molecule has 0 radical (unpaired) electrons. The molecule has 0 bridgehead atoms. The van der Waals surface area contributed by atoms with E-state index in [1.807, 2.05) is 0 Å². The lowest BCUT2D eigenvalue weighted by atomic mass is 10.2. The molecule has 0 spiro atoms. The summed E-state index contributed by atoms with van der Waals surface area (Å²) in [5.41, 5.74) is 0.690. The van der Waals surface area contributed by atoms with Crippen molar-refractivity contribution in [3.05, 3.63) is 35.9 Å². The van der Waals surface area contributed by atoms with Crippen molar-refractivity contribution in [2.75, 3.05) is 11.9 Å². The smallest absolute Gasteiger partial charge is 0.330 e. The highest BCUT2D eigenvalue weighted by molar-refractivity contribution is 5.90. The monoisotopic (exact) mass is 292 g/mol. The number of benzene rings is 1. The molecule has 1 aromatic carbocycles. The molecular weight excluding hydrogens is 272 g/mol. The van der Waals surface area contributed by atoms with Crippen LogP contribution in [0.1, 0.15) is 26.2 Å². The van der Waals surface area contributed by atoms with Gasteiger partial charge in [-0.1, -0.05) is 18.2 Å². The maximum atomic E-state index is 11.6. The second kappa shape index (κ2) is 8.63. The third kappa shape index (κ3) is 6.47. The fraction of sp³-hybridized carbons (Fsp3) is 0.333. The Morgan fingerprint density at radius 2 is 1.95 bits per heavy atom. The summed E-state index contributed by atoms with van der Waals surface area (Å²) < 4.78 is 0. The van der Waals surface area contributed by atoms with Crippen LogP contribution in [-0.2, 0) is 4.79 Å². The van der Waals surface area contributed by atoms with Crippen molar-refractivity contribution in [3.8, 4) is 5.75 Å². The van der Waals surface area contributed by atoms with Crippen LogP contribution >= 0.6 is 0 Å². The molecule has 0 unspecified atom stereocenters. The number of nitrogens with one attached hydrogen (secondary N) is 2. The number of hydrogen-bond donors (Lipinski definition) is 4. The van der Waals surface area contributed by atoms with Crippen molar-refractivity contribution in [2.24, 2.45) is 0 Å². The first kappa shape index (κ1) is 16.6. The maximum absolute atomic E-state index is 11.6. The van der Waals surface area contributed by atoms with Gasteiger partial charge in [0, 0.05) is 12.1 Å². The van der Waals surface area contributed by atoms with Gasteiger partial charge in [0.15, 0.2) is 0 Å². The zero-order valence-electron chi connectivity index (χ0n) is 11.9. The van der Waals surface area contributed by atoms with Gasteiger partial charge in [0.1, 0.15) is 5.75 Å². The van der Waals surface area contributed by atoms with Crippen molar-refractivity contribution < 1.29 is 19.8 Å². The highest BCUT2D eigenvalue weighted by Gasteiger charge is 2.04. The van der Waals surface area contributed by atoms with E-state index in [1.165, 1.54) is 6.07 Å². The van der Waals surface area contributed by atoms with Gasteiger partial charge >= 0.3 is 12.0 Å². The van der Waals surface area contributed by atoms with E-state index in [-0.39, 0.29) is 11.8 Å². The summed E-state index contributed by atoms with van der Waals surface area (Å²) in [4.78, 5) is 22.1. The molecule has 2 amide bonds. The minimum atomic E-state index is -0.907. The fourth-order valence-corrected chi connectivity index (χ4v) is 1.62. The third-order valence-electron chi connectivity index (χ3n) is 2.86. The first-order valence-electron chi connectivity index (χ1n) is 6.73. The van der Waals surface area contributed by atoms with E-state index < -0.39 is 5.97 Å². The van der Waals surface area contributed by atoms with Crippen LogP contribution < -0.4 is 10.6 Å². The molecule has 0 aromatic heterocycles. The molecule has 0 aliphatic carbocycles. The van der Waals surface area contributed by atoms with Gasteiger partial charge in [-0.25, -0.2) is 9.59 Å². The van der Waals surface area contributed by atoms with Gasteiger partial charge in [-0.15, -0.1) is 0 Å². The van der Waals surface area contributed by atoms with Gasteiger partial charge in [-0.2, -0.15) is 0 Å². The molecule has 6 nitrogen and oxygen atoms in total. The summed E-state index contributed by atoms with van der Waals surface area (Å²) in [6, 6.07) is 6.10. The number of hydrogen-bond acceptors (Lipinski definition) is 3. The van der Waals surface area contributed by atoms with Gasteiger partial charge in [0.05, 0.1) is 5.69 Å². The minimum absolute atomic E-state index is 0.0157. The van der Waals surface area contributed by atoms with Crippen molar-refractivity contribution in [3.63, 3.8) is 0 Å². The summed E-state index contributed by atoms with van der Waals surface area (Å²) in [7, 11) is 0. The second-order valence-electron chi connectivity index (χ2n) is 4.59. The van der Waals surface area contributed by atoms with Crippen LogP contribution in [0, 0.1) is 0 Å².